The molecule has 0 saturated carbocycles. The number of hydrogen-bond donors (Lipinski definition) is 0. The Kier molecular flexibility index (Phi) is 5.85. The van der Waals surface area contributed by atoms with Gasteiger partial charge in [0.25, 0.3) is 5.91 Å². The van der Waals surface area contributed by atoms with Gasteiger partial charge in [0.2, 0.25) is 0 Å². The fraction of sp³-hybridized carbons (Fsp3) is 0.684. The molecule has 132 valence electrons. The van der Waals surface area contributed by atoms with E-state index in [9.17, 15) is 4.79 Å². The molecule has 0 bridgehead atoms. The van der Waals surface area contributed by atoms with Gasteiger partial charge in [0.15, 0.2) is 0 Å². The van der Waals surface area contributed by atoms with Gasteiger partial charge in [-0.1, -0.05) is 6.92 Å². The molecule has 24 heavy (non-hydrogen) atoms. The molecule has 1 atom stereocenters. The maximum Gasteiger partial charge on any atom is 0.254 e. The van der Waals surface area contributed by atoms with Crippen LogP contribution in [-0.2, 0) is 6.42 Å². The van der Waals surface area contributed by atoms with E-state index in [2.05, 4.69) is 33.7 Å². The number of aryl methyl sites for hydroxylation is 1. The molecule has 3 rings (SSSR count). The first kappa shape index (κ1) is 17.4. The number of rotatable bonds is 4. The van der Waals surface area contributed by atoms with E-state index in [1.807, 2.05) is 12.3 Å². The van der Waals surface area contributed by atoms with Crippen molar-refractivity contribution in [3.8, 4) is 0 Å². The van der Waals surface area contributed by atoms with Crippen LogP contribution in [0.25, 0.3) is 0 Å². The normalized spacial score (nSPS) is 23.4. The van der Waals surface area contributed by atoms with Gasteiger partial charge < -0.3 is 14.7 Å². The summed E-state index contributed by atoms with van der Waals surface area (Å²) in [5.41, 5.74) is 1.90. The minimum absolute atomic E-state index is 0.192. The molecule has 2 saturated heterocycles. The third kappa shape index (κ3) is 4.14. The van der Waals surface area contributed by atoms with Gasteiger partial charge in [-0.25, -0.2) is 0 Å². The van der Waals surface area contributed by atoms with Crippen molar-refractivity contribution < 1.29 is 4.79 Å². The minimum Gasteiger partial charge on any atom is -0.338 e. The Hall–Kier alpha value is -1.46. The third-order valence-corrected chi connectivity index (χ3v) is 5.43. The van der Waals surface area contributed by atoms with Gasteiger partial charge >= 0.3 is 0 Å². The van der Waals surface area contributed by atoms with Gasteiger partial charge in [0, 0.05) is 63.8 Å². The number of piperazine rings is 1. The van der Waals surface area contributed by atoms with E-state index in [4.69, 9.17) is 0 Å². The lowest BCUT2D eigenvalue weighted by Crippen LogP contribution is -2.49. The largest absolute Gasteiger partial charge is 0.338 e. The second-order valence-corrected chi connectivity index (χ2v) is 7.25. The second kappa shape index (κ2) is 8.08. The van der Waals surface area contributed by atoms with E-state index < -0.39 is 0 Å². The Balaban J connectivity index is 1.59. The number of carbonyl (C=O) groups is 1. The zero-order valence-electron chi connectivity index (χ0n) is 15.1. The third-order valence-electron chi connectivity index (χ3n) is 5.43. The summed E-state index contributed by atoms with van der Waals surface area (Å²) in [5.74, 6) is 0.801. The van der Waals surface area contributed by atoms with Crippen LogP contribution in [0.1, 0.15) is 35.7 Å². The van der Waals surface area contributed by atoms with Crippen LogP contribution in [0.4, 0.5) is 0 Å². The van der Waals surface area contributed by atoms with E-state index in [1.165, 1.54) is 6.42 Å². The average molecular weight is 330 g/mol. The van der Waals surface area contributed by atoms with Crippen molar-refractivity contribution in [1.82, 2.24) is 19.7 Å². The Morgan fingerprint density at radius 1 is 1.25 bits per heavy atom. The number of nitrogens with zero attached hydrogens (tertiary/aromatic N) is 4. The zero-order chi connectivity index (χ0) is 16.9. The van der Waals surface area contributed by atoms with Crippen LogP contribution in [0.5, 0.6) is 0 Å². The van der Waals surface area contributed by atoms with E-state index in [0.29, 0.717) is 5.92 Å². The maximum atomic E-state index is 12.9. The minimum atomic E-state index is 0.192. The summed E-state index contributed by atoms with van der Waals surface area (Å²) in [6, 6.07) is 1.88. The molecular formula is C19H30N4O. The van der Waals surface area contributed by atoms with Crippen LogP contribution in [0.3, 0.4) is 0 Å². The Morgan fingerprint density at radius 3 is 2.79 bits per heavy atom. The van der Waals surface area contributed by atoms with Gasteiger partial charge in [-0.05, 0) is 43.9 Å². The molecule has 2 fully saturated rings. The van der Waals surface area contributed by atoms with Gasteiger partial charge in [-0.15, -0.1) is 0 Å². The molecule has 5 heteroatoms. The van der Waals surface area contributed by atoms with Crippen molar-refractivity contribution in [2.45, 2.75) is 26.2 Å². The van der Waals surface area contributed by atoms with Crippen LogP contribution < -0.4 is 0 Å². The lowest BCUT2D eigenvalue weighted by Gasteiger charge is -2.38. The van der Waals surface area contributed by atoms with Crippen molar-refractivity contribution in [3.63, 3.8) is 0 Å². The standard InChI is InChI=1S/C19H30N4O/c1-3-17-13-20-7-6-18(17)19(24)23-8-4-5-16(15-23)14-22-11-9-21(2)10-12-22/h6-7,13,16H,3-5,8-12,14-15H2,1-2H3/t16-/m1/s1. The molecular weight excluding hydrogens is 300 g/mol. The van der Waals surface area contributed by atoms with Crippen molar-refractivity contribution in [3.05, 3.63) is 29.6 Å². The fourth-order valence-corrected chi connectivity index (χ4v) is 3.88. The van der Waals surface area contributed by atoms with Crippen molar-refractivity contribution in [2.24, 2.45) is 5.92 Å². The highest BCUT2D eigenvalue weighted by atomic mass is 16.2. The van der Waals surface area contributed by atoms with E-state index >= 15 is 0 Å². The first-order valence-corrected chi connectivity index (χ1v) is 9.30. The summed E-state index contributed by atoms with van der Waals surface area (Å²) in [4.78, 5) is 24.1. The summed E-state index contributed by atoms with van der Waals surface area (Å²) in [5, 5.41) is 0. The number of carbonyl (C=O) groups excluding carboxylic acids is 1. The maximum absolute atomic E-state index is 12.9. The summed E-state index contributed by atoms with van der Waals surface area (Å²) < 4.78 is 0. The number of aromatic nitrogens is 1. The molecule has 0 unspecified atom stereocenters. The van der Waals surface area contributed by atoms with Gasteiger partial charge in [0.05, 0.1) is 0 Å². The average Bonchev–Trinajstić information content (AvgIpc) is 2.63. The molecule has 1 aromatic heterocycles. The number of likely N-dealkylation sites (N-methyl/N-ethyl adjacent to an activating group) is 1. The predicted molar refractivity (Wildman–Crippen MR) is 96.2 cm³/mol. The summed E-state index contributed by atoms with van der Waals surface area (Å²) in [7, 11) is 2.19. The predicted octanol–water partition coefficient (Wildman–Crippen LogP) is 1.74. The van der Waals surface area contributed by atoms with Crippen LogP contribution in [0.2, 0.25) is 0 Å². The SMILES string of the molecule is CCc1cnccc1C(=O)N1CCC[C@H](CN2CCN(C)CC2)C1. The van der Waals surface area contributed by atoms with Crippen molar-refractivity contribution in [1.29, 1.82) is 0 Å². The van der Waals surface area contributed by atoms with Gasteiger partial charge in [-0.3, -0.25) is 9.78 Å². The molecule has 0 aromatic carbocycles. The number of hydrogen-bond acceptors (Lipinski definition) is 4. The Morgan fingerprint density at radius 2 is 2.04 bits per heavy atom. The highest BCUT2D eigenvalue weighted by Gasteiger charge is 2.27. The fourth-order valence-electron chi connectivity index (χ4n) is 3.88. The van der Waals surface area contributed by atoms with Crippen LogP contribution in [0, 0.1) is 5.92 Å². The van der Waals surface area contributed by atoms with Crippen LogP contribution in [-0.4, -0.2) is 78.5 Å². The summed E-state index contributed by atoms with van der Waals surface area (Å²) >= 11 is 0. The smallest absolute Gasteiger partial charge is 0.254 e. The second-order valence-electron chi connectivity index (χ2n) is 7.25. The highest BCUT2D eigenvalue weighted by Crippen LogP contribution is 2.21. The summed E-state index contributed by atoms with van der Waals surface area (Å²) in [6.07, 6.45) is 6.79. The molecule has 0 aliphatic carbocycles. The topological polar surface area (TPSA) is 39.7 Å². The molecule has 5 nitrogen and oxygen atoms in total. The van der Waals surface area contributed by atoms with E-state index in [1.54, 1.807) is 6.20 Å². The van der Waals surface area contributed by atoms with Crippen molar-refractivity contribution >= 4 is 5.91 Å². The first-order chi connectivity index (χ1) is 11.7. The molecule has 3 heterocycles. The summed E-state index contributed by atoms with van der Waals surface area (Å²) in [6.45, 7) is 9.64. The first-order valence-electron chi connectivity index (χ1n) is 9.30. The Bertz CT molecular complexity index is 554. The monoisotopic (exact) mass is 330 g/mol. The lowest BCUT2D eigenvalue weighted by atomic mass is 9.96. The van der Waals surface area contributed by atoms with E-state index in [-0.39, 0.29) is 5.91 Å². The number of amides is 1. The van der Waals surface area contributed by atoms with Crippen molar-refractivity contribution in [2.75, 3.05) is 52.9 Å². The van der Waals surface area contributed by atoms with Crippen LogP contribution in [0.15, 0.2) is 18.5 Å². The number of likely N-dealkylation sites (tertiary alicyclic amines) is 1. The van der Waals surface area contributed by atoms with Gasteiger partial charge in [0.1, 0.15) is 0 Å². The quantitative estimate of drug-likeness (QED) is 0.843. The molecule has 0 N–H and O–H groups in total. The van der Waals surface area contributed by atoms with Gasteiger partial charge in [-0.2, -0.15) is 0 Å². The molecule has 2 aliphatic rings. The Labute approximate surface area is 145 Å². The molecule has 1 aromatic rings. The lowest BCUT2D eigenvalue weighted by molar-refractivity contribution is 0.0608. The molecule has 1 amide bonds. The van der Waals surface area contributed by atoms with Crippen LogP contribution >= 0.6 is 0 Å². The number of piperidine rings is 1. The molecule has 0 spiro atoms. The molecule has 2 aliphatic heterocycles. The number of pyridine rings is 1. The molecule has 0 radical (unpaired) electrons. The highest BCUT2D eigenvalue weighted by molar-refractivity contribution is 5.95. The zero-order valence-corrected chi connectivity index (χ0v) is 15.1. The van der Waals surface area contributed by atoms with E-state index in [0.717, 1.165) is 69.8 Å².